The van der Waals surface area contributed by atoms with Gasteiger partial charge in [-0.3, -0.25) is 4.40 Å². The standard InChI is InChI=1S/C20H17N3O3/c1-13-6-8-15(9-7-13)17-11-16(22-26-17)12-25-20(24)19-14(2)21-18-5-3-4-10-23(18)19/h3-11H,12H2,1-2H3. The van der Waals surface area contributed by atoms with Crippen molar-refractivity contribution in [2.45, 2.75) is 20.5 Å². The Hall–Kier alpha value is -3.41. The van der Waals surface area contributed by atoms with Crippen molar-refractivity contribution in [2.75, 3.05) is 0 Å². The van der Waals surface area contributed by atoms with Crippen LogP contribution < -0.4 is 0 Å². The minimum atomic E-state index is -0.443. The molecule has 3 aromatic heterocycles. The number of carbonyl (C=O) groups excluding carboxylic acids is 1. The SMILES string of the molecule is Cc1ccc(-c2cc(COC(=O)c3c(C)nc4ccccn34)no2)cc1. The Labute approximate surface area is 150 Å². The molecule has 0 spiro atoms. The molecule has 6 nitrogen and oxygen atoms in total. The summed E-state index contributed by atoms with van der Waals surface area (Å²) in [6, 6.07) is 15.3. The second-order valence-electron chi connectivity index (χ2n) is 6.10. The Morgan fingerprint density at radius 1 is 1.15 bits per heavy atom. The number of aryl methyl sites for hydroxylation is 2. The summed E-state index contributed by atoms with van der Waals surface area (Å²) in [5.74, 6) is 0.197. The van der Waals surface area contributed by atoms with Gasteiger partial charge in [-0.05, 0) is 26.0 Å². The number of benzene rings is 1. The largest absolute Gasteiger partial charge is 0.454 e. The predicted octanol–water partition coefficient (Wildman–Crippen LogP) is 3.96. The minimum absolute atomic E-state index is 0.0354. The van der Waals surface area contributed by atoms with Gasteiger partial charge < -0.3 is 9.26 Å². The highest BCUT2D eigenvalue weighted by Crippen LogP contribution is 2.21. The Kier molecular flexibility index (Phi) is 4.01. The molecule has 0 aliphatic rings. The lowest BCUT2D eigenvalue weighted by Gasteiger charge is -2.03. The third kappa shape index (κ3) is 2.97. The van der Waals surface area contributed by atoms with Gasteiger partial charge >= 0.3 is 5.97 Å². The molecule has 0 bridgehead atoms. The second kappa shape index (κ2) is 6.48. The number of ether oxygens (including phenoxy) is 1. The van der Waals surface area contributed by atoms with Gasteiger partial charge in [-0.15, -0.1) is 0 Å². The molecule has 0 radical (unpaired) electrons. The maximum atomic E-state index is 12.5. The molecule has 0 fully saturated rings. The zero-order valence-corrected chi connectivity index (χ0v) is 14.5. The first-order chi connectivity index (χ1) is 12.6. The quantitative estimate of drug-likeness (QED) is 0.523. The van der Waals surface area contributed by atoms with Crippen molar-refractivity contribution in [1.29, 1.82) is 0 Å². The summed E-state index contributed by atoms with van der Waals surface area (Å²) in [6.45, 7) is 3.85. The maximum Gasteiger partial charge on any atom is 0.357 e. The van der Waals surface area contributed by atoms with Gasteiger partial charge in [0.25, 0.3) is 0 Å². The molecule has 4 aromatic rings. The molecule has 6 heteroatoms. The monoisotopic (exact) mass is 347 g/mol. The van der Waals surface area contributed by atoms with Crippen LogP contribution in [0, 0.1) is 13.8 Å². The van der Waals surface area contributed by atoms with Crippen molar-refractivity contribution in [3.05, 3.63) is 77.4 Å². The molecule has 0 saturated carbocycles. The number of hydrogen-bond donors (Lipinski definition) is 0. The van der Waals surface area contributed by atoms with Gasteiger partial charge in [0.1, 0.15) is 17.9 Å². The number of imidazole rings is 1. The number of pyridine rings is 1. The summed E-state index contributed by atoms with van der Waals surface area (Å²) >= 11 is 0. The fourth-order valence-corrected chi connectivity index (χ4v) is 2.80. The summed E-state index contributed by atoms with van der Waals surface area (Å²) in [4.78, 5) is 16.9. The molecule has 0 unspecified atom stereocenters. The third-order valence-electron chi connectivity index (χ3n) is 4.14. The zero-order valence-electron chi connectivity index (χ0n) is 14.5. The molecule has 130 valence electrons. The number of fused-ring (bicyclic) bond motifs is 1. The lowest BCUT2D eigenvalue weighted by atomic mass is 10.1. The van der Waals surface area contributed by atoms with Crippen LogP contribution in [0.5, 0.6) is 0 Å². The van der Waals surface area contributed by atoms with E-state index in [1.807, 2.05) is 49.4 Å². The van der Waals surface area contributed by atoms with Gasteiger partial charge in [0, 0.05) is 17.8 Å². The number of nitrogens with zero attached hydrogens (tertiary/aromatic N) is 3. The molecular formula is C20H17N3O3. The molecule has 1 aromatic carbocycles. The third-order valence-corrected chi connectivity index (χ3v) is 4.14. The van der Waals surface area contributed by atoms with Crippen LogP contribution in [-0.4, -0.2) is 20.5 Å². The predicted molar refractivity (Wildman–Crippen MR) is 95.7 cm³/mol. The summed E-state index contributed by atoms with van der Waals surface area (Å²) in [7, 11) is 0. The van der Waals surface area contributed by atoms with Crippen LogP contribution in [0.25, 0.3) is 17.0 Å². The van der Waals surface area contributed by atoms with Crippen LogP contribution in [0.1, 0.15) is 27.4 Å². The molecule has 26 heavy (non-hydrogen) atoms. The number of carbonyl (C=O) groups is 1. The van der Waals surface area contributed by atoms with Crippen molar-refractivity contribution in [3.8, 4) is 11.3 Å². The number of rotatable bonds is 4. The van der Waals surface area contributed by atoms with Crippen LogP contribution in [0.4, 0.5) is 0 Å². The smallest absolute Gasteiger partial charge is 0.357 e. The fourth-order valence-electron chi connectivity index (χ4n) is 2.80. The summed E-state index contributed by atoms with van der Waals surface area (Å²) in [5.41, 5.74) is 4.41. The van der Waals surface area contributed by atoms with Gasteiger partial charge in [0.15, 0.2) is 11.5 Å². The van der Waals surface area contributed by atoms with Gasteiger partial charge in [-0.1, -0.05) is 41.1 Å². The van der Waals surface area contributed by atoms with Crippen LogP contribution >= 0.6 is 0 Å². The van der Waals surface area contributed by atoms with Crippen molar-refractivity contribution < 1.29 is 14.1 Å². The Balaban J connectivity index is 1.50. The van der Waals surface area contributed by atoms with Crippen molar-refractivity contribution >= 4 is 11.6 Å². The number of hydrogen-bond acceptors (Lipinski definition) is 5. The van der Waals surface area contributed by atoms with E-state index in [9.17, 15) is 4.79 Å². The van der Waals surface area contributed by atoms with Crippen LogP contribution in [0.2, 0.25) is 0 Å². The summed E-state index contributed by atoms with van der Waals surface area (Å²) in [5, 5.41) is 3.98. The topological polar surface area (TPSA) is 69.6 Å². The minimum Gasteiger partial charge on any atom is -0.454 e. The molecule has 0 aliphatic carbocycles. The highest BCUT2D eigenvalue weighted by atomic mass is 16.5. The molecule has 0 amide bonds. The van der Waals surface area contributed by atoms with E-state index in [1.54, 1.807) is 23.6 Å². The normalized spacial score (nSPS) is 11.0. The van der Waals surface area contributed by atoms with Crippen LogP contribution in [0.15, 0.2) is 59.3 Å². The van der Waals surface area contributed by atoms with E-state index in [-0.39, 0.29) is 6.61 Å². The molecule has 0 atom stereocenters. The molecule has 0 N–H and O–H groups in total. The van der Waals surface area contributed by atoms with E-state index in [4.69, 9.17) is 9.26 Å². The zero-order chi connectivity index (χ0) is 18.1. The van der Waals surface area contributed by atoms with Crippen molar-refractivity contribution in [3.63, 3.8) is 0 Å². The van der Waals surface area contributed by atoms with Gasteiger partial charge in [-0.2, -0.15) is 0 Å². The van der Waals surface area contributed by atoms with E-state index < -0.39 is 5.97 Å². The first-order valence-corrected chi connectivity index (χ1v) is 8.25. The van der Waals surface area contributed by atoms with Crippen molar-refractivity contribution in [2.24, 2.45) is 0 Å². The fraction of sp³-hybridized carbons (Fsp3) is 0.150. The Morgan fingerprint density at radius 2 is 1.96 bits per heavy atom. The van der Waals surface area contributed by atoms with Crippen LogP contribution in [0.3, 0.4) is 0 Å². The average molecular weight is 347 g/mol. The van der Waals surface area contributed by atoms with E-state index >= 15 is 0 Å². The summed E-state index contributed by atoms with van der Waals surface area (Å²) < 4.78 is 12.5. The lowest BCUT2D eigenvalue weighted by molar-refractivity contribution is 0.0455. The van der Waals surface area contributed by atoms with Gasteiger partial charge in [-0.25, -0.2) is 9.78 Å². The summed E-state index contributed by atoms with van der Waals surface area (Å²) in [6.07, 6.45) is 1.79. The molecule has 0 saturated heterocycles. The molecule has 4 rings (SSSR count). The lowest BCUT2D eigenvalue weighted by Crippen LogP contribution is -2.09. The van der Waals surface area contributed by atoms with E-state index in [0.29, 0.717) is 28.5 Å². The highest BCUT2D eigenvalue weighted by Gasteiger charge is 2.18. The first kappa shape index (κ1) is 16.1. The van der Waals surface area contributed by atoms with Crippen molar-refractivity contribution in [1.82, 2.24) is 14.5 Å². The van der Waals surface area contributed by atoms with E-state index in [2.05, 4.69) is 10.1 Å². The average Bonchev–Trinajstić information content (AvgIpc) is 3.24. The maximum absolute atomic E-state index is 12.5. The Bertz CT molecular complexity index is 1080. The second-order valence-corrected chi connectivity index (χ2v) is 6.10. The van der Waals surface area contributed by atoms with Crippen LogP contribution in [-0.2, 0) is 11.3 Å². The molecule has 3 heterocycles. The van der Waals surface area contributed by atoms with E-state index in [0.717, 1.165) is 5.56 Å². The number of aromatic nitrogens is 3. The van der Waals surface area contributed by atoms with E-state index in [1.165, 1.54) is 5.56 Å². The van der Waals surface area contributed by atoms with Gasteiger partial charge in [0.05, 0.1) is 5.69 Å². The Morgan fingerprint density at radius 3 is 2.77 bits per heavy atom. The number of esters is 1. The molecular weight excluding hydrogens is 330 g/mol. The molecule has 0 aliphatic heterocycles. The van der Waals surface area contributed by atoms with Gasteiger partial charge in [0.2, 0.25) is 0 Å². The highest BCUT2D eigenvalue weighted by molar-refractivity contribution is 5.90. The first-order valence-electron chi connectivity index (χ1n) is 8.25.